The van der Waals surface area contributed by atoms with E-state index in [1.165, 1.54) is 4.90 Å². The summed E-state index contributed by atoms with van der Waals surface area (Å²) >= 11 is 0. The van der Waals surface area contributed by atoms with E-state index in [1.807, 2.05) is 13.8 Å². The fourth-order valence-electron chi connectivity index (χ4n) is 1.61. The van der Waals surface area contributed by atoms with Gasteiger partial charge in [-0.3, -0.25) is 4.79 Å². The van der Waals surface area contributed by atoms with Crippen LogP contribution in [0.25, 0.3) is 0 Å². The Hall–Kier alpha value is -1.30. The fourth-order valence-corrected chi connectivity index (χ4v) is 1.61. The van der Waals surface area contributed by atoms with Crippen molar-refractivity contribution in [3.63, 3.8) is 0 Å². The molecule has 0 radical (unpaired) electrons. The van der Waals surface area contributed by atoms with Gasteiger partial charge < -0.3 is 20.6 Å². The van der Waals surface area contributed by atoms with Gasteiger partial charge in [-0.05, 0) is 5.92 Å². The van der Waals surface area contributed by atoms with E-state index in [0.717, 1.165) is 0 Å². The molecule has 6 nitrogen and oxygen atoms in total. The number of rotatable bonds is 2. The number of hydrogen-bond donors (Lipinski definition) is 2. The van der Waals surface area contributed by atoms with Crippen LogP contribution in [0, 0.1) is 5.92 Å². The first kappa shape index (κ1) is 12.8. The van der Waals surface area contributed by atoms with Crippen molar-refractivity contribution in [2.24, 2.45) is 11.7 Å². The Morgan fingerprint density at radius 1 is 1.12 bits per heavy atom. The minimum Gasteiger partial charge on any atom is -0.465 e. The molecule has 1 heterocycles. The number of piperazine rings is 1. The maximum atomic E-state index is 11.9. The zero-order valence-corrected chi connectivity index (χ0v) is 9.72. The Balaban J connectivity index is 2.47. The van der Waals surface area contributed by atoms with Crippen molar-refractivity contribution in [3.8, 4) is 0 Å². The van der Waals surface area contributed by atoms with E-state index in [9.17, 15) is 9.59 Å². The molecule has 0 bridgehead atoms. The number of carbonyl (C=O) groups is 2. The van der Waals surface area contributed by atoms with Crippen molar-refractivity contribution in [1.29, 1.82) is 0 Å². The largest absolute Gasteiger partial charge is 0.465 e. The van der Waals surface area contributed by atoms with Crippen LogP contribution in [-0.4, -0.2) is 59.1 Å². The fraction of sp³-hybridized carbons (Fsp3) is 0.800. The quantitative estimate of drug-likeness (QED) is 0.686. The molecular weight excluding hydrogens is 210 g/mol. The van der Waals surface area contributed by atoms with Crippen LogP contribution in [0.3, 0.4) is 0 Å². The molecule has 1 fully saturated rings. The van der Waals surface area contributed by atoms with Crippen molar-refractivity contribution in [2.45, 2.75) is 19.9 Å². The molecule has 1 aliphatic rings. The molecule has 1 rings (SSSR count). The summed E-state index contributed by atoms with van der Waals surface area (Å²) in [4.78, 5) is 25.5. The summed E-state index contributed by atoms with van der Waals surface area (Å²) in [6.07, 6.45) is -0.930. The highest BCUT2D eigenvalue weighted by atomic mass is 16.4. The zero-order valence-electron chi connectivity index (χ0n) is 9.72. The summed E-state index contributed by atoms with van der Waals surface area (Å²) in [5.41, 5.74) is 5.76. The predicted octanol–water partition coefficient (Wildman–Crippen LogP) is -0.208. The Morgan fingerprint density at radius 3 is 1.94 bits per heavy atom. The second kappa shape index (κ2) is 5.16. The summed E-state index contributed by atoms with van der Waals surface area (Å²) < 4.78 is 0. The molecule has 0 saturated carbocycles. The lowest BCUT2D eigenvalue weighted by atomic mass is 10.0. The molecule has 16 heavy (non-hydrogen) atoms. The number of carboxylic acid groups (broad SMARTS) is 1. The third-order valence-corrected chi connectivity index (χ3v) is 2.87. The van der Waals surface area contributed by atoms with Gasteiger partial charge in [0.1, 0.15) is 0 Å². The standard InChI is InChI=1S/C10H19N3O3/c1-7(2)8(11)9(14)12-3-5-13(6-4-12)10(15)16/h7-8H,3-6,11H2,1-2H3,(H,15,16)/t8-/m0/s1. The molecule has 2 amide bonds. The molecule has 0 aromatic rings. The number of hydrogen-bond acceptors (Lipinski definition) is 3. The lowest BCUT2D eigenvalue weighted by Crippen LogP contribution is -2.55. The topological polar surface area (TPSA) is 86.9 Å². The van der Waals surface area contributed by atoms with Crippen LogP contribution >= 0.6 is 0 Å². The molecule has 92 valence electrons. The molecule has 1 atom stereocenters. The molecule has 0 aromatic carbocycles. The average Bonchev–Trinajstić information content (AvgIpc) is 2.27. The number of amides is 2. The minimum atomic E-state index is -0.930. The van der Waals surface area contributed by atoms with Crippen LogP contribution in [-0.2, 0) is 4.79 Å². The third-order valence-electron chi connectivity index (χ3n) is 2.87. The van der Waals surface area contributed by atoms with Crippen molar-refractivity contribution in [3.05, 3.63) is 0 Å². The van der Waals surface area contributed by atoms with Crippen LogP contribution in [0.2, 0.25) is 0 Å². The second-order valence-corrected chi connectivity index (χ2v) is 4.36. The van der Waals surface area contributed by atoms with Gasteiger partial charge in [0, 0.05) is 26.2 Å². The van der Waals surface area contributed by atoms with Gasteiger partial charge in [0.15, 0.2) is 0 Å². The lowest BCUT2D eigenvalue weighted by molar-refractivity contribution is -0.135. The van der Waals surface area contributed by atoms with Gasteiger partial charge in [0.05, 0.1) is 6.04 Å². The van der Waals surface area contributed by atoms with Crippen LogP contribution in [0.15, 0.2) is 0 Å². The summed E-state index contributed by atoms with van der Waals surface area (Å²) in [5, 5.41) is 8.76. The third kappa shape index (κ3) is 2.85. The molecule has 1 saturated heterocycles. The van der Waals surface area contributed by atoms with Gasteiger partial charge in [-0.15, -0.1) is 0 Å². The molecule has 0 spiro atoms. The van der Waals surface area contributed by atoms with Crippen LogP contribution < -0.4 is 5.73 Å². The Kier molecular flexibility index (Phi) is 4.12. The van der Waals surface area contributed by atoms with Gasteiger partial charge in [0.25, 0.3) is 0 Å². The monoisotopic (exact) mass is 229 g/mol. The highest BCUT2D eigenvalue weighted by molar-refractivity contribution is 5.82. The summed E-state index contributed by atoms with van der Waals surface area (Å²) in [6.45, 7) is 5.40. The molecule has 0 aromatic heterocycles. The van der Waals surface area contributed by atoms with Crippen molar-refractivity contribution in [2.75, 3.05) is 26.2 Å². The van der Waals surface area contributed by atoms with Gasteiger partial charge >= 0.3 is 6.09 Å². The Bertz CT molecular complexity index is 272. The van der Waals surface area contributed by atoms with E-state index < -0.39 is 12.1 Å². The van der Waals surface area contributed by atoms with Crippen LogP contribution in [0.1, 0.15) is 13.8 Å². The van der Waals surface area contributed by atoms with Gasteiger partial charge in [-0.1, -0.05) is 13.8 Å². The first-order valence-corrected chi connectivity index (χ1v) is 5.45. The van der Waals surface area contributed by atoms with Crippen molar-refractivity contribution >= 4 is 12.0 Å². The van der Waals surface area contributed by atoms with E-state index in [1.54, 1.807) is 4.90 Å². The molecule has 6 heteroatoms. The normalized spacial score (nSPS) is 18.8. The Labute approximate surface area is 95.0 Å². The smallest absolute Gasteiger partial charge is 0.407 e. The van der Waals surface area contributed by atoms with Crippen molar-refractivity contribution < 1.29 is 14.7 Å². The van der Waals surface area contributed by atoms with E-state index in [0.29, 0.717) is 26.2 Å². The predicted molar refractivity (Wildman–Crippen MR) is 59.0 cm³/mol. The molecular formula is C10H19N3O3. The average molecular weight is 229 g/mol. The van der Waals surface area contributed by atoms with Gasteiger partial charge in [0.2, 0.25) is 5.91 Å². The molecule has 0 unspecified atom stereocenters. The summed E-state index contributed by atoms with van der Waals surface area (Å²) in [6, 6.07) is -0.489. The highest BCUT2D eigenvalue weighted by Crippen LogP contribution is 2.07. The Morgan fingerprint density at radius 2 is 1.56 bits per heavy atom. The van der Waals surface area contributed by atoms with E-state index in [-0.39, 0.29) is 11.8 Å². The number of carbonyl (C=O) groups excluding carboxylic acids is 1. The van der Waals surface area contributed by atoms with Crippen LogP contribution in [0.4, 0.5) is 4.79 Å². The molecule has 3 N–H and O–H groups in total. The zero-order chi connectivity index (χ0) is 12.3. The highest BCUT2D eigenvalue weighted by Gasteiger charge is 2.28. The minimum absolute atomic E-state index is 0.0833. The number of nitrogens with zero attached hydrogens (tertiary/aromatic N) is 2. The first-order valence-electron chi connectivity index (χ1n) is 5.45. The lowest BCUT2D eigenvalue weighted by Gasteiger charge is -2.35. The van der Waals surface area contributed by atoms with E-state index in [4.69, 9.17) is 10.8 Å². The van der Waals surface area contributed by atoms with E-state index in [2.05, 4.69) is 0 Å². The van der Waals surface area contributed by atoms with E-state index >= 15 is 0 Å². The van der Waals surface area contributed by atoms with Crippen LogP contribution in [0.5, 0.6) is 0 Å². The number of nitrogens with two attached hydrogens (primary N) is 1. The van der Waals surface area contributed by atoms with Gasteiger partial charge in [-0.25, -0.2) is 4.79 Å². The molecule has 1 aliphatic heterocycles. The maximum Gasteiger partial charge on any atom is 0.407 e. The second-order valence-electron chi connectivity index (χ2n) is 4.36. The van der Waals surface area contributed by atoms with Crippen molar-refractivity contribution in [1.82, 2.24) is 9.80 Å². The van der Waals surface area contributed by atoms with Gasteiger partial charge in [-0.2, -0.15) is 0 Å². The summed E-state index contributed by atoms with van der Waals surface area (Å²) in [5.74, 6) is 0.0186. The summed E-state index contributed by atoms with van der Waals surface area (Å²) in [7, 11) is 0. The maximum absolute atomic E-state index is 11.9. The molecule has 0 aliphatic carbocycles. The SMILES string of the molecule is CC(C)[C@H](N)C(=O)N1CCN(C(=O)O)CC1. The first-order chi connectivity index (χ1) is 7.43.